The van der Waals surface area contributed by atoms with Crippen LogP contribution in [0.5, 0.6) is 69.0 Å². The Kier molecular flexibility index (Phi) is 29.3. The van der Waals surface area contributed by atoms with E-state index in [1.54, 1.807) is 0 Å². The molecule has 708 valence electrons. The van der Waals surface area contributed by atoms with Crippen LogP contribution in [0.1, 0.15) is 132 Å². The third-order valence-electron chi connectivity index (χ3n) is 23.7. The van der Waals surface area contributed by atoms with Crippen molar-refractivity contribution in [1.82, 2.24) is 54.3 Å². The number of nitrogens with zero attached hydrogens (tertiary/aromatic N) is 14. The van der Waals surface area contributed by atoms with Crippen molar-refractivity contribution in [3.63, 3.8) is 0 Å². The standard InChI is InChI=1S/C40H36N4O2.C39H35N5O2.C38H33N5O2.3Pt/c1-39(2,3)29-18-19-41-38(22-29)44-34-14-10-11-15-36(34)46-37-17-16-32(24-35(37)44)45-33-21-30(40(4,5)6)20-31(23-33)43-26-28(25-42-43)27-12-8-7-9-13-27;1-25-11-9-12-26(2)37(25)43-27(3)41-42-38(43)29-13-10-14-30(22-29)45-31-17-18-35-33(23-31)44(32-15-7-8-16-34(32)46-35)36-21-28(19-20-40-36)24-39(4,5)6;1-24(2)20-28-18-19-39-36(21-28)42-32-14-6-7-15-34(32)45-35-17-16-31(23-33(35)42)44-30-13-9-12-29(22-30)38-40-27(5)43(41-38)37-25(3)10-8-11-26(37)4;;;/h7-22,25-26H,1-6H3;7-21H,24H2,1-6H3;6-19,21,24H,20H2,1-5H3;;;/q3*-2;3*+2. The molecule has 0 saturated carbocycles. The van der Waals surface area contributed by atoms with Crippen LogP contribution in [-0.2, 0) is 86.9 Å². The maximum Gasteiger partial charge on any atom is 2.00 e. The van der Waals surface area contributed by atoms with E-state index in [0.717, 1.165) is 160 Å². The minimum Gasteiger partial charge on any atom is -0.513 e. The van der Waals surface area contributed by atoms with E-state index in [1.807, 2.05) is 224 Å². The number of aryl methyl sites for hydroxylation is 6. The molecule has 0 bridgehead atoms. The minimum atomic E-state index is -0.130. The molecule has 9 heterocycles. The number of hydrogen-bond donors (Lipinski definition) is 0. The molecule has 0 unspecified atom stereocenters. The first-order valence-corrected chi connectivity index (χ1v) is 46.0. The average Bonchev–Trinajstić information content (AvgIpc) is 0.970. The van der Waals surface area contributed by atoms with Gasteiger partial charge in [-0.05, 0) is 217 Å². The van der Waals surface area contributed by atoms with E-state index in [2.05, 4.69) is 266 Å². The quantitative estimate of drug-likeness (QED) is 0.0739. The number of pyridine rings is 3. The number of hydrogen-bond acceptors (Lipinski definition) is 17. The van der Waals surface area contributed by atoms with Gasteiger partial charge in [0.2, 0.25) is 0 Å². The monoisotopic (exact) mass is 2390 g/mol. The zero-order valence-corrected chi connectivity index (χ0v) is 87.7. The van der Waals surface area contributed by atoms with E-state index in [1.165, 1.54) is 16.7 Å². The molecule has 0 radical (unpaired) electrons. The second-order valence-corrected chi connectivity index (χ2v) is 38.2. The van der Waals surface area contributed by atoms with E-state index in [0.29, 0.717) is 69.3 Å². The summed E-state index contributed by atoms with van der Waals surface area (Å²) in [5.41, 5.74) is 20.7. The van der Waals surface area contributed by atoms with Gasteiger partial charge in [-0.2, -0.15) is 15.3 Å². The molecule has 3 aliphatic heterocycles. The van der Waals surface area contributed by atoms with Gasteiger partial charge in [0.05, 0.1) is 40.6 Å². The Balaban J connectivity index is 0.000000150. The molecule has 23 heteroatoms. The van der Waals surface area contributed by atoms with Crippen molar-refractivity contribution in [2.45, 2.75) is 141 Å². The Morgan fingerprint density at radius 2 is 0.829 bits per heavy atom. The molecule has 20 nitrogen and oxygen atoms in total. The minimum absolute atomic E-state index is 0. The van der Waals surface area contributed by atoms with Gasteiger partial charge in [-0.15, -0.1) is 131 Å². The molecule has 0 amide bonds. The van der Waals surface area contributed by atoms with E-state index in [4.69, 9.17) is 53.5 Å². The zero-order chi connectivity index (χ0) is 95.1. The molecule has 21 rings (SSSR count). The molecule has 0 fully saturated rings. The van der Waals surface area contributed by atoms with Gasteiger partial charge in [0.1, 0.15) is 46.4 Å². The van der Waals surface area contributed by atoms with Crippen molar-refractivity contribution in [2.24, 2.45) is 11.3 Å². The number of benzene rings is 12. The molecule has 0 atom stereocenters. The summed E-state index contributed by atoms with van der Waals surface area (Å²) in [6.07, 6.45) is 11.4. The summed E-state index contributed by atoms with van der Waals surface area (Å²) in [6.45, 7) is 36.6. The largest absolute Gasteiger partial charge is 2.00 e. The second-order valence-electron chi connectivity index (χ2n) is 38.2. The fourth-order valence-electron chi connectivity index (χ4n) is 17.2. The summed E-state index contributed by atoms with van der Waals surface area (Å²) in [6, 6.07) is 107. The van der Waals surface area contributed by atoms with Crippen molar-refractivity contribution in [3.05, 3.63) is 384 Å². The fraction of sp³-hybridized carbons (Fsp3) is 0.197. The molecule has 6 aromatic heterocycles. The third kappa shape index (κ3) is 21.5. The SMILES string of the molecule is CC(C)(C)c1cc(Oc2[c-]c3c(cc2)Oc2ccccc2N3c2cc(C(C)(C)C)ccn2)[c-]c(-n2cc(-c3ccccc3)cn2)c1.Cc1cccc(C)c1-n1c(C)nnc1-c1[c-]c(Oc2[c-]c3c(cc2)Oc2ccccc2N3c2cc(CC(C)(C)C)ccn2)ccc1.Cc1cccc(C)c1-n1nc(-c2[c-]c(Oc3[c-]c4c(cc3)Oc3ccccc3N4c3cc(CC(C)C)ccn3)ccc2)nc1C.[Pt+2].[Pt+2].[Pt+2]. The summed E-state index contributed by atoms with van der Waals surface area (Å²) in [5, 5.41) is 18.5. The predicted molar refractivity (Wildman–Crippen MR) is 540 cm³/mol. The first kappa shape index (κ1) is 98.9. The van der Waals surface area contributed by atoms with Gasteiger partial charge in [-0.3, -0.25) is 9.67 Å². The van der Waals surface area contributed by atoms with Gasteiger partial charge in [0.25, 0.3) is 0 Å². The number of aromatic nitrogens is 11. The summed E-state index contributed by atoms with van der Waals surface area (Å²) in [4.78, 5) is 25.3. The second kappa shape index (κ2) is 41.5. The van der Waals surface area contributed by atoms with E-state index in [-0.39, 0.29) is 79.4 Å². The van der Waals surface area contributed by atoms with E-state index in [9.17, 15) is 0 Å². The van der Waals surface area contributed by atoms with Crippen LogP contribution in [0.3, 0.4) is 0 Å². The van der Waals surface area contributed by atoms with Gasteiger partial charge in [0.15, 0.2) is 0 Å². The molecule has 140 heavy (non-hydrogen) atoms. The molecule has 0 saturated heterocycles. The third-order valence-corrected chi connectivity index (χ3v) is 23.7. The Morgan fingerprint density at radius 1 is 0.379 bits per heavy atom. The Morgan fingerprint density at radius 3 is 1.34 bits per heavy atom. The van der Waals surface area contributed by atoms with Crippen LogP contribution >= 0.6 is 0 Å². The van der Waals surface area contributed by atoms with E-state index >= 15 is 0 Å². The normalized spacial score (nSPS) is 12.1. The van der Waals surface area contributed by atoms with Crippen LogP contribution in [0.15, 0.2) is 292 Å². The van der Waals surface area contributed by atoms with Gasteiger partial charge in [-0.25, -0.2) is 19.6 Å². The number of fused-ring (bicyclic) bond motifs is 6. The van der Waals surface area contributed by atoms with Crippen molar-refractivity contribution >= 4 is 51.6 Å². The smallest absolute Gasteiger partial charge is 0.513 e. The van der Waals surface area contributed by atoms with Crippen LogP contribution in [-0.4, -0.2) is 54.3 Å². The van der Waals surface area contributed by atoms with E-state index < -0.39 is 0 Å². The molecule has 0 aliphatic carbocycles. The van der Waals surface area contributed by atoms with Crippen molar-refractivity contribution in [1.29, 1.82) is 0 Å². The van der Waals surface area contributed by atoms with Crippen LogP contribution in [0.4, 0.5) is 51.6 Å². The summed E-state index contributed by atoms with van der Waals surface area (Å²) in [7, 11) is 0. The summed E-state index contributed by atoms with van der Waals surface area (Å²) in [5.74, 6) is 13.3. The Bertz CT molecular complexity index is 7520. The summed E-state index contributed by atoms with van der Waals surface area (Å²) < 4.78 is 44.0. The van der Waals surface area contributed by atoms with Gasteiger partial charge < -0.3 is 47.7 Å². The molecular weight excluding hydrogens is 2280 g/mol. The van der Waals surface area contributed by atoms with Crippen LogP contribution in [0, 0.1) is 89.3 Å². The Hall–Kier alpha value is -14.2. The first-order chi connectivity index (χ1) is 66.0. The number of anilines is 9. The molecular formula is C117H104N14O6Pt3. The van der Waals surface area contributed by atoms with Gasteiger partial charge >= 0.3 is 63.2 Å². The summed E-state index contributed by atoms with van der Waals surface area (Å²) >= 11 is 0. The van der Waals surface area contributed by atoms with Crippen molar-refractivity contribution in [3.8, 4) is 120 Å². The van der Waals surface area contributed by atoms with Gasteiger partial charge in [-0.1, -0.05) is 191 Å². The first-order valence-electron chi connectivity index (χ1n) is 46.0. The number of rotatable bonds is 18. The van der Waals surface area contributed by atoms with Crippen LogP contribution < -0.4 is 43.1 Å². The van der Waals surface area contributed by atoms with Crippen LogP contribution in [0.25, 0.3) is 51.0 Å². The zero-order valence-electron chi connectivity index (χ0n) is 80.9. The Labute approximate surface area is 862 Å². The topological polar surface area (TPSA) is 183 Å². The van der Waals surface area contributed by atoms with Crippen molar-refractivity contribution < 1.29 is 91.6 Å². The molecule has 0 spiro atoms. The maximum atomic E-state index is 6.53. The maximum absolute atomic E-state index is 6.53. The molecule has 0 N–H and O–H groups in total. The average molecular weight is 2390 g/mol. The number of ether oxygens (including phenoxy) is 6. The number of para-hydroxylation sites is 8. The molecule has 18 aromatic rings. The molecule has 3 aliphatic rings. The fourth-order valence-corrected chi connectivity index (χ4v) is 17.2. The van der Waals surface area contributed by atoms with Crippen LogP contribution in [0.2, 0.25) is 0 Å². The van der Waals surface area contributed by atoms with Gasteiger partial charge in [0, 0.05) is 87.8 Å². The molecule has 12 aromatic carbocycles. The predicted octanol–water partition coefficient (Wildman–Crippen LogP) is 29.7. The van der Waals surface area contributed by atoms with Crippen molar-refractivity contribution in [2.75, 3.05) is 14.7 Å².